The molecule has 0 bridgehead atoms. The maximum absolute atomic E-state index is 6.33. The van der Waals surface area contributed by atoms with E-state index in [4.69, 9.17) is 22.1 Å². The topological polar surface area (TPSA) is 35.2 Å². The Hall–Kier alpha value is -0.730. The molecular weight excluding hydrogens is 246 g/mol. The zero-order chi connectivity index (χ0) is 13.3. The van der Waals surface area contributed by atoms with Gasteiger partial charge in [0.2, 0.25) is 0 Å². The summed E-state index contributed by atoms with van der Waals surface area (Å²) in [7, 11) is 0. The number of hydrogen-bond acceptors (Lipinski definition) is 2. The molecule has 1 aliphatic rings. The van der Waals surface area contributed by atoms with Crippen LogP contribution in [0.2, 0.25) is 5.02 Å². The van der Waals surface area contributed by atoms with E-state index in [0.29, 0.717) is 0 Å². The van der Waals surface area contributed by atoms with E-state index >= 15 is 0 Å². The molecule has 0 amide bonds. The molecule has 1 atom stereocenters. The molecule has 0 radical (unpaired) electrons. The standard InChI is InChI=1S/C15H22ClNO/c1-9(17)6-13-7-14(16)15(11(3)10(13)2)18-8-12-4-5-12/h7,9,12H,4-6,8,17H2,1-3H3. The number of hydrogen-bond donors (Lipinski definition) is 1. The fourth-order valence-electron chi connectivity index (χ4n) is 2.14. The van der Waals surface area contributed by atoms with Gasteiger partial charge in [0.1, 0.15) is 5.75 Å². The lowest BCUT2D eigenvalue weighted by Gasteiger charge is -2.17. The predicted octanol–water partition coefficient (Wildman–Crippen LogP) is 3.64. The fourth-order valence-corrected chi connectivity index (χ4v) is 2.47. The monoisotopic (exact) mass is 267 g/mol. The summed E-state index contributed by atoms with van der Waals surface area (Å²) in [6.07, 6.45) is 3.44. The summed E-state index contributed by atoms with van der Waals surface area (Å²) in [6.45, 7) is 7.01. The lowest BCUT2D eigenvalue weighted by Crippen LogP contribution is -2.18. The third-order valence-electron chi connectivity index (χ3n) is 3.60. The highest BCUT2D eigenvalue weighted by Crippen LogP contribution is 2.36. The Balaban J connectivity index is 2.21. The quantitative estimate of drug-likeness (QED) is 0.884. The number of benzene rings is 1. The van der Waals surface area contributed by atoms with Gasteiger partial charge in [0.15, 0.2) is 0 Å². The number of ether oxygens (including phenoxy) is 1. The Morgan fingerprint density at radius 2 is 2.06 bits per heavy atom. The van der Waals surface area contributed by atoms with Gasteiger partial charge in [-0.25, -0.2) is 0 Å². The van der Waals surface area contributed by atoms with Crippen molar-refractivity contribution in [3.63, 3.8) is 0 Å². The summed E-state index contributed by atoms with van der Waals surface area (Å²) in [6, 6.07) is 2.16. The van der Waals surface area contributed by atoms with Crippen LogP contribution in [0.25, 0.3) is 0 Å². The maximum Gasteiger partial charge on any atom is 0.141 e. The van der Waals surface area contributed by atoms with E-state index in [0.717, 1.165) is 35.3 Å². The lowest BCUT2D eigenvalue weighted by atomic mass is 9.97. The van der Waals surface area contributed by atoms with Gasteiger partial charge in [-0.15, -0.1) is 0 Å². The number of halogens is 1. The molecule has 1 unspecified atom stereocenters. The molecule has 0 heterocycles. The first-order valence-corrected chi connectivity index (χ1v) is 7.03. The van der Waals surface area contributed by atoms with E-state index in [2.05, 4.69) is 13.8 Å². The summed E-state index contributed by atoms with van der Waals surface area (Å²) in [5.74, 6) is 1.60. The van der Waals surface area contributed by atoms with Crippen molar-refractivity contribution in [3.05, 3.63) is 27.8 Å². The molecule has 1 aromatic carbocycles. The molecule has 100 valence electrons. The van der Waals surface area contributed by atoms with Crippen LogP contribution in [0.15, 0.2) is 6.07 Å². The summed E-state index contributed by atoms with van der Waals surface area (Å²) >= 11 is 6.33. The highest BCUT2D eigenvalue weighted by Gasteiger charge is 2.23. The van der Waals surface area contributed by atoms with Crippen LogP contribution in [0.3, 0.4) is 0 Å². The Morgan fingerprint density at radius 1 is 1.39 bits per heavy atom. The van der Waals surface area contributed by atoms with Crippen LogP contribution in [0.1, 0.15) is 36.5 Å². The molecule has 0 saturated heterocycles. The first kappa shape index (κ1) is 13.7. The molecule has 1 saturated carbocycles. The van der Waals surface area contributed by atoms with Gasteiger partial charge in [-0.1, -0.05) is 11.6 Å². The smallest absolute Gasteiger partial charge is 0.141 e. The van der Waals surface area contributed by atoms with E-state index in [9.17, 15) is 0 Å². The number of rotatable bonds is 5. The second kappa shape index (κ2) is 5.50. The third-order valence-corrected chi connectivity index (χ3v) is 3.89. The van der Waals surface area contributed by atoms with Crippen molar-refractivity contribution in [1.82, 2.24) is 0 Å². The van der Waals surface area contributed by atoms with Gasteiger partial charge in [-0.2, -0.15) is 0 Å². The predicted molar refractivity (Wildman–Crippen MR) is 76.5 cm³/mol. The van der Waals surface area contributed by atoms with Crippen molar-refractivity contribution in [2.75, 3.05) is 6.61 Å². The van der Waals surface area contributed by atoms with Gasteiger partial charge < -0.3 is 10.5 Å². The van der Waals surface area contributed by atoms with Gasteiger partial charge in [0.25, 0.3) is 0 Å². The Kier molecular flexibility index (Phi) is 4.18. The minimum atomic E-state index is 0.150. The maximum atomic E-state index is 6.33. The lowest BCUT2D eigenvalue weighted by molar-refractivity contribution is 0.297. The van der Waals surface area contributed by atoms with Crippen molar-refractivity contribution in [2.24, 2.45) is 11.7 Å². The van der Waals surface area contributed by atoms with E-state index in [1.165, 1.54) is 24.0 Å². The first-order chi connectivity index (χ1) is 8.49. The molecule has 3 heteroatoms. The van der Waals surface area contributed by atoms with Crippen LogP contribution < -0.4 is 10.5 Å². The second-order valence-electron chi connectivity index (χ2n) is 5.53. The van der Waals surface area contributed by atoms with E-state index in [1.807, 2.05) is 13.0 Å². The minimum absolute atomic E-state index is 0.150. The molecule has 1 fully saturated rings. The van der Waals surface area contributed by atoms with E-state index in [1.54, 1.807) is 0 Å². The SMILES string of the molecule is Cc1c(CC(C)N)cc(Cl)c(OCC2CC2)c1C. The average molecular weight is 268 g/mol. The van der Waals surface area contributed by atoms with Crippen LogP contribution in [0, 0.1) is 19.8 Å². The van der Waals surface area contributed by atoms with Crippen LogP contribution in [-0.4, -0.2) is 12.6 Å². The molecule has 0 spiro atoms. The molecule has 1 aromatic rings. The minimum Gasteiger partial charge on any atom is -0.491 e. The molecule has 2 nitrogen and oxygen atoms in total. The van der Waals surface area contributed by atoms with Crippen LogP contribution in [-0.2, 0) is 6.42 Å². The zero-order valence-electron chi connectivity index (χ0n) is 11.4. The van der Waals surface area contributed by atoms with Crippen molar-refractivity contribution < 1.29 is 4.74 Å². The van der Waals surface area contributed by atoms with E-state index < -0.39 is 0 Å². The Labute approximate surface area is 114 Å². The van der Waals surface area contributed by atoms with Crippen molar-refractivity contribution in [3.8, 4) is 5.75 Å². The van der Waals surface area contributed by atoms with Gasteiger partial charge in [-0.05, 0) is 68.7 Å². The zero-order valence-corrected chi connectivity index (χ0v) is 12.2. The second-order valence-corrected chi connectivity index (χ2v) is 5.94. The molecular formula is C15H22ClNO. The molecule has 1 aliphatic carbocycles. The molecule has 18 heavy (non-hydrogen) atoms. The number of nitrogens with two attached hydrogens (primary N) is 1. The average Bonchev–Trinajstić information content (AvgIpc) is 3.08. The summed E-state index contributed by atoms with van der Waals surface area (Å²) in [5, 5.41) is 0.717. The normalized spacial score (nSPS) is 16.7. The largest absolute Gasteiger partial charge is 0.491 e. The van der Waals surface area contributed by atoms with Crippen LogP contribution in [0.5, 0.6) is 5.75 Å². The summed E-state index contributed by atoms with van der Waals surface area (Å²) in [4.78, 5) is 0. The Morgan fingerprint density at radius 3 is 2.61 bits per heavy atom. The summed E-state index contributed by atoms with van der Waals surface area (Å²) < 4.78 is 5.87. The first-order valence-electron chi connectivity index (χ1n) is 6.66. The van der Waals surface area contributed by atoms with Gasteiger partial charge >= 0.3 is 0 Å². The van der Waals surface area contributed by atoms with Crippen molar-refractivity contribution >= 4 is 11.6 Å². The Bertz CT molecular complexity index is 439. The highest BCUT2D eigenvalue weighted by atomic mass is 35.5. The van der Waals surface area contributed by atoms with Crippen molar-refractivity contribution in [1.29, 1.82) is 0 Å². The third kappa shape index (κ3) is 3.18. The molecule has 2 N–H and O–H groups in total. The summed E-state index contributed by atoms with van der Waals surface area (Å²) in [5.41, 5.74) is 9.50. The van der Waals surface area contributed by atoms with Gasteiger partial charge in [-0.3, -0.25) is 0 Å². The molecule has 0 aromatic heterocycles. The van der Waals surface area contributed by atoms with Gasteiger partial charge in [0.05, 0.1) is 11.6 Å². The van der Waals surface area contributed by atoms with Crippen LogP contribution in [0.4, 0.5) is 0 Å². The fraction of sp³-hybridized carbons (Fsp3) is 0.600. The van der Waals surface area contributed by atoms with Crippen molar-refractivity contribution in [2.45, 2.75) is 46.1 Å². The van der Waals surface area contributed by atoms with E-state index in [-0.39, 0.29) is 6.04 Å². The molecule has 2 rings (SSSR count). The molecule has 0 aliphatic heterocycles. The van der Waals surface area contributed by atoms with Crippen LogP contribution >= 0.6 is 11.6 Å². The van der Waals surface area contributed by atoms with Gasteiger partial charge in [0, 0.05) is 6.04 Å². The highest BCUT2D eigenvalue weighted by molar-refractivity contribution is 6.32.